The minimum absolute atomic E-state index is 0.104. The molecule has 1 aliphatic heterocycles. The third-order valence-corrected chi connectivity index (χ3v) is 7.18. The third kappa shape index (κ3) is 7.90. The molecule has 1 aliphatic rings. The molecule has 1 saturated heterocycles. The summed E-state index contributed by atoms with van der Waals surface area (Å²) in [5, 5.41) is 7.78. The monoisotopic (exact) mass is 525 g/mol. The van der Waals surface area contributed by atoms with Crippen molar-refractivity contribution in [1.29, 1.82) is 0 Å². The zero-order valence-corrected chi connectivity index (χ0v) is 22.2. The highest BCUT2D eigenvalue weighted by Crippen LogP contribution is 2.25. The molecule has 7 nitrogen and oxygen atoms in total. The van der Waals surface area contributed by atoms with Crippen LogP contribution in [0.15, 0.2) is 58.9 Å². The Morgan fingerprint density at radius 3 is 2.46 bits per heavy atom. The summed E-state index contributed by atoms with van der Waals surface area (Å²) in [6, 6.07) is 14.9. The van der Waals surface area contributed by atoms with E-state index in [2.05, 4.69) is 49.7 Å². The molecule has 0 spiro atoms. The minimum atomic E-state index is -0.263. The maximum atomic E-state index is 13.4. The van der Waals surface area contributed by atoms with Crippen molar-refractivity contribution in [2.24, 2.45) is 4.99 Å². The molecule has 0 atom stereocenters. The van der Waals surface area contributed by atoms with Crippen molar-refractivity contribution in [3.05, 3.63) is 64.5 Å². The number of hydrogen-bond acceptors (Lipinski definition) is 5. The third-order valence-electron chi connectivity index (χ3n) is 6.32. The molecule has 9 heteroatoms. The first-order valence-electron chi connectivity index (χ1n) is 13.1. The van der Waals surface area contributed by atoms with E-state index in [0.29, 0.717) is 13.1 Å². The number of benzene rings is 2. The number of carbonyl (C=O) groups excluding carboxylic acids is 1. The number of morpholine rings is 1. The van der Waals surface area contributed by atoms with Gasteiger partial charge in [-0.3, -0.25) is 0 Å². The first-order chi connectivity index (χ1) is 18.1. The van der Waals surface area contributed by atoms with Crippen LogP contribution in [0.2, 0.25) is 0 Å². The number of nitrogens with one attached hydrogen (secondary N) is 2. The van der Waals surface area contributed by atoms with Gasteiger partial charge in [0.15, 0.2) is 4.80 Å². The van der Waals surface area contributed by atoms with Crippen LogP contribution in [0, 0.1) is 5.82 Å². The number of aromatic nitrogens is 1. The first kappa shape index (κ1) is 26.9. The van der Waals surface area contributed by atoms with Crippen molar-refractivity contribution >= 4 is 28.7 Å². The Kier molecular flexibility index (Phi) is 10.1. The van der Waals surface area contributed by atoms with Crippen molar-refractivity contribution in [3.8, 4) is 11.3 Å². The number of carbonyl (C=O) groups is 1. The average Bonchev–Trinajstić information content (AvgIpc) is 3.32. The van der Waals surface area contributed by atoms with Crippen LogP contribution in [0.5, 0.6) is 0 Å². The van der Waals surface area contributed by atoms with Gasteiger partial charge in [-0.05, 0) is 61.7 Å². The molecular formula is C28H36FN5O2S. The number of thiazole rings is 1. The van der Waals surface area contributed by atoms with Crippen LogP contribution >= 0.6 is 11.3 Å². The number of rotatable bonds is 11. The van der Waals surface area contributed by atoms with Crippen molar-refractivity contribution in [1.82, 2.24) is 15.2 Å². The molecule has 0 aliphatic carbocycles. The molecule has 1 aromatic heterocycles. The van der Waals surface area contributed by atoms with Gasteiger partial charge >= 0.3 is 6.03 Å². The second-order valence-electron chi connectivity index (χ2n) is 8.99. The molecular weight excluding hydrogens is 489 g/mol. The van der Waals surface area contributed by atoms with Crippen molar-refractivity contribution < 1.29 is 13.9 Å². The summed E-state index contributed by atoms with van der Waals surface area (Å²) >= 11 is 1.60. The normalized spacial score (nSPS) is 14.1. The fourth-order valence-electron chi connectivity index (χ4n) is 4.33. The van der Waals surface area contributed by atoms with Crippen molar-refractivity contribution in [2.75, 3.05) is 44.3 Å². The number of halogens is 1. The van der Waals surface area contributed by atoms with Gasteiger partial charge in [0.05, 0.1) is 24.6 Å². The van der Waals surface area contributed by atoms with E-state index < -0.39 is 0 Å². The van der Waals surface area contributed by atoms with Crippen LogP contribution in [0.1, 0.15) is 32.6 Å². The van der Waals surface area contributed by atoms with Gasteiger partial charge in [-0.25, -0.2) is 14.2 Å². The lowest BCUT2D eigenvalue weighted by molar-refractivity contribution is 0.122. The molecule has 2 N–H and O–H groups in total. The highest BCUT2D eigenvalue weighted by Gasteiger charge is 2.13. The van der Waals surface area contributed by atoms with Crippen molar-refractivity contribution in [3.63, 3.8) is 0 Å². The van der Waals surface area contributed by atoms with E-state index in [4.69, 9.17) is 9.73 Å². The van der Waals surface area contributed by atoms with Gasteiger partial charge in [0.25, 0.3) is 0 Å². The van der Waals surface area contributed by atoms with Crippen LogP contribution in [-0.2, 0) is 11.3 Å². The van der Waals surface area contributed by atoms with Crippen molar-refractivity contribution in [2.45, 2.75) is 39.2 Å². The van der Waals surface area contributed by atoms with Crippen LogP contribution in [-0.4, -0.2) is 50.0 Å². The second-order valence-corrected chi connectivity index (χ2v) is 9.83. The molecule has 0 bridgehead atoms. The zero-order chi connectivity index (χ0) is 25.9. The highest BCUT2D eigenvalue weighted by molar-refractivity contribution is 7.07. The van der Waals surface area contributed by atoms with Gasteiger partial charge in [-0.1, -0.05) is 25.0 Å². The fraction of sp³-hybridized carbons (Fsp3) is 0.429. The highest BCUT2D eigenvalue weighted by atomic mass is 32.1. The second kappa shape index (κ2) is 13.9. The Bertz CT molecular complexity index is 1180. The molecule has 2 amide bonds. The average molecular weight is 526 g/mol. The summed E-state index contributed by atoms with van der Waals surface area (Å²) in [7, 11) is 0. The molecule has 0 saturated carbocycles. The lowest BCUT2D eigenvalue weighted by Gasteiger charge is -2.28. The predicted molar refractivity (Wildman–Crippen MR) is 148 cm³/mol. The smallest absolute Gasteiger partial charge is 0.314 e. The molecule has 1 fully saturated rings. The SMILES string of the molecule is CCNC(=O)NCCCCCCn1c(-c2ccc(N3CCOCC3)cc2)cs/c1=N\c1ccc(F)cc1. The Morgan fingerprint density at radius 2 is 1.73 bits per heavy atom. The Morgan fingerprint density at radius 1 is 1.00 bits per heavy atom. The molecule has 3 aromatic rings. The number of hydrogen-bond donors (Lipinski definition) is 2. The van der Waals surface area contributed by atoms with E-state index in [0.717, 1.165) is 80.3 Å². The summed E-state index contributed by atoms with van der Waals surface area (Å²) in [4.78, 5) is 19.6. The molecule has 0 radical (unpaired) electrons. The molecule has 2 heterocycles. The quantitative estimate of drug-likeness (QED) is 0.334. The first-order valence-corrected chi connectivity index (χ1v) is 14.0. The maximum absolute atomic E-state index is 13.4. The zero-order valence-electron chi connectivity index (χ0n) is 21.4. The summed E-state index contributed by atoms with van der Waals surface area (Å²) in [6.45, 7) is 7.43. The topological polar surface area (TPSA) is 70.9 Å². The van der Waals surface area contributed by atoms with E-state index in [1.54, 1.807) is 23.5 Å². The largest absolute Gasteiger partial charge is 0.378 e. The van der Waals surface area contributed by atoms with Crippen LogP contribution in [0.25, 0.3) is 11.3 Å². The van der Waals surface area contributed by atoms with Gasteiger partial charge in [-0.2, -0.15) is 0 Å². The lowest BCUT2D eigenvalue weighted by atomic mass is 10.1. The number of ether oxygens (including phenoxy) is 1. The van der Waals surface area contributed by atoms with Crippen LogP contribution < -0.4 is 20.3 Å². The van der Waals surface area contributed by atoms with E-state index in [-0.39, 0.29) is 11.8 Å². The van der Waals surface area contributed by atoms with Gasteiger partial charge in [0.2, 0.25) is 0 Å². The predicted octanol–water partition coefficient (Wildman–Crippen LogP) is 5.30. The summed E-state index contributed by atoms with van der Waals surface area (Å²) in [6.07, 6.45) is 4.07. The molecule has 0 unspecified atom stereocenters. The van der Waals surface area contributed by atoms with Crippen LogP contribution in [0.4, 0.5) is 20.6 Å². The Hall–Kier alpha value is -3.17. The Balaban J connectivity index is 1.45. The van der Waals surface area contributed by atoms with Crippen LogP contribution in [0.3, 0.4) is 0 Å². The number of urea groups is 1. The molecule has 37 heavy (non-hydrogen) atoms. The number of amides is 2. The van der Waals surface area contributed by atoms with Gasteiger partial charge in [-0.15, -0.1) is 11.3 Å². The maximum Gasteiger partial charge on any atom is 0.314 e. The lowest BCUT2D eigenvalue weighted by Crippen LogP contribution is -2.36. The van der Waals surface area contributed by atoms with Gasteiger partial charge in [0, 0.05) is 43.8 Å². The van der Waals surface area contributed by atoms with Gasteiger partial charge in [0.1, 0.15) is 5.82 Å². The van der Waals surface area contributed by atoms with Gasteiger partial charge < -0.3 is 24.8 Å². The fourth-order valence-corrected chi connectivity index (χ4v) is 5.28. The number of nitrogens with zero attached hydrogens (tertiary/aromatic N) is 3. The number of anilines is 1. The van der Waals surface area contributed by atoms with E-state index in [1.807, 2.05) is 6.92 Å². The summed E-state index contributed by atoms with van der Waals surface area (Å²) in [5.41, 5.74) is 4.24. The summed E-state index contributed by atoms with van der Waals surface area (Å²) in [5.74, 6) is -0.263. The summed E-state index contributed by atoms with van der Waals surface area (Å²) < 4.78 is 21.1. The molecule has 4 rings (SSSR count). The molecule has 2 aromatic carbocycles. The standard InChI is InChI=1S/C28H36FN5O2S/c1-2-30-27(35)31-15-5-3-4-6-16-34-26(21-37-28(34)32-24-11-9-23(29)10-12-24)22-7-13-25(14-8-22)33-17-19-36-20-18-33/h7-14,21H,2-6,15-20H2,1H3,(H2,30,31,35)/b32-28-. The van der Waals surface area contributed by atoms with E-state index in [9.17, 15) is 9.18 Å². The van der Waals surface area contributed by atoms with E-state index in [1.165, 1.54) is 17.8 Å². The van der Waals surface area contributed by atoms with E-state index >= 15 is 0 Å². The Labute approximate surface area is 222 Å². The molecule has 198 valence electrons. The minimum Gasteiger partial charge on any atom is -0.378 e. The number of unbranched alkanes of at least 4 members (excludes halogenated alkanes) is 3.